The van der Waals surface area contributed by atoms with Crippen LogP contribution in [0.5, 0.6) is 0 Å². The van der Waals surface area contributed by atoms with Gasteiger partial charge in [-0.1, -0.05) is 0 Å². The number of halogens is 1. The lowest BCUT2D eigenvalue weighted by molar-refractivity contribution is 0.0679. The van der Waals surface area contributed by atoms with Crippen LogP contribution in [0.4, 0.5) is 0 Å². The molecule has 96 valence electrons. The molecule has 18 heavy (non-hydrogen) atoms. The first kappa shape index (κ1) is 13.9. The monoisotopic (exact) mass is 316 g/mol. The number of nitrogens with one attached hydrogen (secondary N) is 2. The number of carboxylic acid groups (broad SMARTS) is 2. The Balaban J connectivity index is 0.000000180. The Hall–Kier alpha value is -2.16. The predicted octanol–water partition coefficient (Wildman–Crippen LogP) is 1.29. The highest BCUT2D eigenvalue weighted by Crippen LogP contribution is 2.11. The number of hydrogen-bond donors (Lipinski definition) is 4. The number of aromatic nitrogens is 4. The van der Waals surface area contributed by atoms with Crippen LogP contribution in [0, 0.1) is 6.92 Å². The molecule has 0 aliphatic carbocycles. The quantitative estimate of drug-likeness (QED) is 0.660. The maximum atomic E-state index is 10.2. The fraction of sp³-hybridized carbons (Fsp3) is 0.111. The Morgan fingerprint density at radius 1 is 1.28 bits per heavy atom. The van der Waals surface area contributed by atoms with Crippen LogP contribution >= 0.6 is 15.9 Å². The van der Waals surface area contributed by atoms with E-state index in [1.165, 1.54) is 12.3 Å². The minimum Gasteiger partial charge on any atom is -0.476 e. The van der Waals surface area contributed by atoms with Crippen LogP contribution in [0.15, 0.2) is 16.7 Å². The first-order chi connectivity index (χ1) is 8.41. The zero-order valence-electron chi connectivity index (χ0n) is 9.14. The molecule has 0 amide bonds. The fourth-order valence-electron chi connectivity index (χ4n) is 0.949. The molecule has 0 aliphatic heterocycles. The molecule has 0 radical (unpaired) electrons. The molecule has 9 heteroatoms. The molecule has 0 aliphatic rings. The van der Waals surface area contributed by atoms with Crippen LogP contribution in [0.1, 0.15) is 26.7 Å². The summed E-state index contributed by atoms with van der Waals surface area (Å²) in [5, 5.41) is 28.5. The van der Waals surface area contributed by atoms with Crippen molar-refractivity contribution in [3.8, 4) is 0 Å². The second-order valence-electron chi connectivity index (χ2n) is 3.14. The zero-order chi connectivity index (χ0) is 13.7. The minimum absolute atomic E-state index is 0.0625. The molecule has 2 rings (SSSR count). The predicted molar refractivity (Wildman–Crippen MR) is 63.5 cm³/mol. The molecule has 0 unspecified atom stereocenters. The van der Waals surface area contributed by atoms with Gasteiger partial charge in [-0.25, -0.2) is 9.59 Å². The minimum atomic E-state index is -1.01. The van der Waals surface area contributed by atoms with Crippen LogP contribution in [-0.4, -0.2) is 42.5 Å². The van der Waals surface area contributed by atoms with Crippen LogP contribution < -0.4 is 0 Å². The summed E-state index contributed by atoms with van der Waals surface area (Å²) in [6, 6.07) is 1.47. The molecule has 0 atom stereocenters. The molecule has 0 spiro atoms. The third-order valence-corrected chi connectivity index (χ3v) is 2.33. The third kappa shape index (κ3) is 3.70. The first-order valence-electron chi connectivity index (χ1n) is 4.59. The molecular formula is C9H9BrN4O4. The van der Waals surface area contributed by atoms with Gasteiger partial charge in [0.25, 0.3) is 0 Å². The normalized spacial score (nSPS) is 9.44. The molecule has 0 aromatic carbocycles. The second kappa shape index (κ2) is 5.96. The first-order valence-corrected chi connectivity index (χ1v) is 5.38. The van der Waals surface area contributed by atoms with E-state index in [2.05, 4.69) is 36.3 Å². The summed E-state index contributed by atoms with van der Waals surface area (Å²) < 4.78 is 0.468. The van der Waals surface area contributed by atoms with Gasteiger partial charge in [0.05, 0.1) is 10.7 Å². The molecule has 2 aromatic heterocycles. The molecule has 0 bridgehead atoms. The summed E-state index contributed by atoms with van der Waals surface area (Å²) in [5.41, 5.74) is 0.898. The van der Waals surface area contributed by atoms with E-state index in [0.29, 0.717) is 4.47 Å². The number of carboxylic acids is 2. The summed E-state index contributed by atoms with van der Waals surface area (Å²) in [5.74, 6) is -2.02. The Labute approximate surface area is 109 Å². The average Bonchev–Trinajstić information content (AvgIpc) is 2.87. The highest BCUT2D eigenvalue weighted by atomic mass is 79.9. The van der Waals surface area contributed by atoms with Gasteiger partial charge in [0.15, 0.2) is 11.4 Å². The Morgan fingerprint density at radius 3 is 2.17 bits per heavy atom. The average molecular weight is 317 g/mol. The van der Waals surface area contributed by atoms with Crippen molar-refractivity contribution in [2.24, 2.45) is 0 Å². The van der Waals surface area contributed by atoms with E-state index in [0.717, 1.165) is 5.69 Å². The standard InChI is InChI=1S/C5H6N2O2.C4H3BrN2O2/c1-3-2-4(5(8)9)7-6-3;5-2-1-6-7-3(2)4(8)9/h2H,1H3,(H,6,7)(H,8,9);1H,(H,6,7)(H,8,9). The molecule has 0 fully saturated rings. The van der Waals surface area contributed by atoms with E-state index < -0.39 is 11.9 Å². The number of carbonyl (C=O) groups is 2. The van der Waals surface area contributed by atoms with Crippen molar-refractivity contribution in [3.63, 3.8) is 0 Å². The second-order valence-corrected chi connectivity index (χ2v) is 3.99. The Morgan fingerprint density at radius 2 is 1.94 bits per heavy atom. The summed E-state index contributed by atoms with van der Waals surface area (Å²) in [7, 11) is 0. The smallest absolute Gasteiger partial charge is 0.356 e. The zero-order valence-corrected chi connectivity index (χ0v) is 10.7. The van der Waals surface area contributed by atoms with Gasteiger partial charge in [-0.15, -0.1) is 0 Å². The van der Waals surface area contributed by atoms with E-state index in [1.54, 1.807) is 6.92 Å². The van der Waals surface area contributed by atoms with E-state index >= 15 is 0 Å². The van der Waals surface area contributed by atoms with Crippen molar-refractivity contribution in [3.05, 3.63) is 33.8 Å². The number of H-pyrrole nitrogens is 2. The van der Waals surface area contributed by atoms with Gasteiger partial charge in [0.1, 0.15) is 0 Å². The van der Waals surface area contributed by atoms with E-state index in [1.807, 2.05) is 0 Å². The number of nitrogens with zero attached hydrogens (tertiary/aromatic N) is 2. The Kier molecular flexibility index (Phi) is 4.60. The highest BCUT2D eigenvalue weighted by Gasteiger charge is 2.08. The molecule has 2 aromatic rings. The molecule has 2 heterocycles. The number of hydrogen-bond acceptors (Lipinski definition) is 4. The van der Waals surface area contributed by atoms with Crippen LogP contribution in [0.3, 0.4) is 0 Å². The molecule has 0 saturated heterocycles. The summed E-state index contributed by atoms with van der Waals surface area (Å²) in [6.07, 6.45) is 1.39. The maximum absolute atomic E-state index is 10.2. The van der Waals surface area contributed by atoms with Crippen LogP contribution in [-0.2, 0) is 0 Å². The van der Waals surface area contributed by atoms with Crippen molar-refractivity contribution in [2.45, 2.75) is 6.92 Å². The van der Waals surface area contributed by atoms with Crippen molar-refractivity contribution < 1.29 is 19.8 Å². The Bertz CT molecular complexity index is 562. The molecule has 8 nitrogen and oxygen atoms in total. The van der Waals surface area contributed by atoms with Crippen LogP contribution in [0.2, 0.25) is 0 Å². The van der Waals surface area contributed by atoms with Gasteiger partial charge in [0.2, 0.25) is 0 Å². The lowest BCUT2D eigenvalue weighted by Gasteiger charge is -1.84. The SMILES string of the molecule is Cc1cc(C(=O)O)n[nH]1.O=C(O)c1[nH]ncc1Br. The lowest BCUT2D eigenvalue weighted by atomic mass is 10.4. The summed E-state index contributed by atoms with van der Waals surface area (Å²) >= 11 is 2.99. The number of aryl methyl sites for hydroxylation is 1. The van der Waals surface area contributed by atoms with Gasteiger partial charge >= 0.3 is 11.9 Å². The summed E-state index contributed by atoms with van der Waals surface area (Å²) in [4.78, 5) is 20.3. The van der Waals surface area contributed by atoms with Crippen molar-refractivity contribution in [2.75, 3.05) is 0 Å². The highest BCUT2D eigenvalue weighted by molar-refractivity contribution is 9.10. The van der Waals surface area contributed by atoms with Gasteiger partial charge in [-0.3, -0.25) is 10.2 Å². The number of aromatic amines is 2. The van der Waals surface area contributed by atoms with Crippen molar-refractivity contribution in [1.29, 1.82) is 0 Å². The molecular weight excluding hydrogens is 308 g/mol. The number of aromatic carboxylic acids is 2. The number of rotatable bonds is 2. The third-order valence-electron chi connectivity index (χ3n) is 1.73. The van der Waals surface area contributed by atoms with Gasteiger partial charge in [-0.05, 0) is 28.9 Å². The van der Waals surface area contributed by atoms with Gasteiger partial charge in [0, 0.05) is 5.69 Å². The topological polar surface area (TPSA) is 132 Å². The van der Waals surface area contributed by atoms with Crippen molar-refractivity contribution >= 4 is 27.9 Å². The van der Waals surface area contributed by atoms with Gasteiger partial charge < -0.3 is 10.2 Å². The molecule has 0 saturated carbocycles. The van der Waals surface area contributed by atoms with Crippen molar-refractivity contribution in [1.82, 2.24) is 20.4 Å². The maximum Gasteiger partial charge on any atom is 0.356 e. The van der Waals surface area contributed by atoms with E-state index in [-0.39, 0.29) is 11.4 Å². The van der Waals surface area contributed by atoms with Crippen LogP contribution in [0.25, 0.3) is 0 Å². The van der Waals surface area contributed by atoms with Gasteiger partial charge in [-0.2, -0.15) is 10.2 Å². The summed E-state index contributed by atoms with van der Waals surface area (Å²) in [6.45, 7) is 1.75. The largest absolute Gasteiger partial charge is 0.476 e. The van der Waals surface area contributed by atoms with E-state index in [9.17, 15) is 9.59 Å². The molecule has 4 N–H and O–H groups in total. The fourth-order valence-corrected chi connectivity index (χ4v) is 1.31. The van der Waals surface area contributed by atoms with E-state index in [4.69, 9.17) is 10.2 Å². The lowest BCUT2D eigenvalue weighted by Crippen LogP contribution is -1.96.